The Morgan fingerprint density at radius 1 is 1.21 bits per heavy atom. The van der Waals surface area contributed by atoms with Crippen molar-refractivity contribution < 1.29 is 37.5 Å². The molecule has 3 heterocycles. The van der Waals surface area contributed by atoms with Gasteiger partial charge in [0, 0.05) is 32.4 Å². The van der Waals surface area contributed by atoms with Gasteiger partial charge in [-0.1, -0.05) is 0 Å². The van der Waals surface area contributed by atoms with Gasteiger partial charge in [-0.3, -0.25) is 9.35 Å². The first-order valence-corrected chi connectivity index (χ1v) is 11.7. The zero-order chi connectivity index (χ0) is 24.0. The third-order valence-electron chi connectivity index (χ3n) is 5.44. The molecule has 0 spiro atoms. The van der Waals surface area contributed by atoms with Crippen LogP contribution in [-0.2, 0) is 15.7 Å². The number of aromatic nitrogens is 1. The standard InChI is InChI=1S/C19H22FN3O4.CH4O3S.H2O/c1-19(2)10-27-17-14-11(16(24)12(18(25)26)9-23(14)19)8-13(20)15(17)22-6-4-21(3)5-7-22;1-5(2,3)4;/h8-9H,4-7,10H2,1-3H3,(H,25,26);1H3,(H,2,3,4);1H2. The van der Waals surface area contributed by atoms with Crippen LogP contribution < -0.4 is 15.1 Å². The Morgan fingerprint density at radius 3 is 2.27 bits per heavy atom. The van der Waals surface area contributed by atoms with E-state index in [0.29, 0.717) is 36.3 Å². The number of pyridine rings is 1. The highest BCUT2D eigenvalue weighted by molar-refractivity contribution is 7.85. The van der Waals surface area contributed by atoms with Crippen LogP contribution in [0.3, 0.4) is 0 Å². The highest BCUT2D eigenvalue weighted by atomic mass is 32.2. The molecule has 2 aliphatic rings. The van der Waals surface area contributed by atoms with Gasteiger partial charge in [0.25, 0.3) is 10.1 Å². The van der Waals surface area contributed by atoms with Crippen molar-refractivity contribution >= 4 is 32.7 Å². The van der Waals surface area contributed by atoms with E-state index in [1.807, 2.05) is 25.8 Å². The molecule has 2 aliphatic heterocycles. The summed E-state index contributed by atoms with van der Waals surface area (Å²) < 4.78 is 48.6. The largest absolute Gasteiger partial charge is 0.487 e. The number of carbonyl (C=O) groups is 1. The second kappa shape index (κ2) is 9.25. The summed E-state index contributed by atoms with van der Waals surface area (Å²) in [5.74, 6) is -1.56. The molecule has 0 saturated carbocycles. The smallest absolute Gasteiger partial charge is 0.341 e. The lowest BCUT2D eigenvalue weighted by molar-refractivity contribution is 0.0693. The first kappa shape index (κ1) is 26.5. The average molecular weight is 490 g/mol. The minimum Gasteiger partial charge on any atom is -0.487 e. The Kier molecular flexibility index (Phi) is 7.43. The molecule has 4 rings (SSSR count). The zero-order valence-electron chi connectivity index (χ0n) is 18.8. The van der Waals surface area contributed by atoms with Crippen LogP contribution in [0.2, 0.25) is 0 Å². The molecular formula is C20H28FN3O8S. The number of benzene rings is 1. The summed E-state index contributed by atoms with van der Waals surface area (Å²) in [6.45, 7) is 6.93. The van der Waals surface area contributed by atoms with Crippen molar-refractivity contribution in [2.24, 2.45) is 0 Å². The number of anilines is 1. The van der Waals surface area contributed by atoms with Gasteiger partial charge in [0.05, 0.1) is 22.7 Å². The molecule has 0 bridgehead atoms. The van der Waals surface area contributed by atoms with E-state index in [4.69, 9.17) is 9.29 Å². The van der Waals surface area contributed by atoms with Crippen LogP contribution >= 0.6 is 0 Å². The molecular weight excluding hydrogens is 461 g/mol. The Hall–Kier alpha value is -2.74. The predicted octanol–water partition coefficient (Wildman–Crippen LogP) is 0.397. The van der Waals surface area contributed by atoms with Crippen LogP contribution in [0.1, 0.15) is 24.2 Å². The van der Waals surface area contributed by atoms with Crippen LogP contribution in [-0.4, -0.2) is 85.1 Å². The van der Waals surface area contributed by atoms with Crippen LogP contribution in [0.25, 0.3) is 10.9 Å². The van der Waals surface area contributed by atoms with Gasteiger partial charge in [0.2, 0.25) is 5.43 Å². The van der Waals surface area contributed by atoms with E-state index in [1.54, 1.807) is 4.57 Å². The number of ether oxygens (including phenoxy) is 1. The Morgan fingerprint density at radius 2 is 1.76 bits per heavy atom. The number of piperazine rings is 1. The predicted molar refractivity (Wildman–Crippen MR) is 121 cm³/mol. The fourth-order valence-electron chi connectivity index (χ4n) is 3.83. The van der Waals surface area contributed by atoms with Crippen LogP contribution in [0.4, 0.5) is 10.1 Å². The van der Waals surface area contributed by atoms with Gasteiger partial charge in [-0.05, 0) is 27.0 Å². The third kappa shape index (κ3) is 5.43. The van der Waals surface area contributed by atoms with Gasteiger partial charge in [-0.25, -0.2) is 9.18 Å². The second-order valence-electron chi connectivity index (χ2n) is 8.60. The highest BCUT2D eigenvalue weighted by Crippen LogP contribution is 2.43. The van der Waals surface area contributed by atoms with E-state index in [1.165, 1.54) is 6.20 Å². The first-order valence-electron chi connectivity index (χ1n) is 9.85. The number of aromatic carboxylic acids is 1. The maximum Gasteiger partial charge on any atom is 0.341 e. The molecule has 0 atom stereocenters. The number of halogens is 1. The van der Waals surface area contributed by atoms with Crippen molar-refractivity contribution in [1.82, 2.24) is 9.47 Å². The average Bonchev–Trinajstić information content (AvgIpc) is 2.65. The molecule has 13 heteroatoms. The van der Waals surface area contributed by atoms with E-state index >= 15 is 4.39 Å². The van der Waals surface area contributed by atoms with E-state index in [9.17, 15) is 23.1 Å². The van der Waals surface area contributed by atoms with Gasteiger partial charge in [0.1, 0.15) is 17.9 Å². The first-order chi connectivity index (χ1) is 14.7. The van der Waals surface area contributed by atoms with Gasteiger partial charge in [-0.15, -0.1) is 0 Å². The second-order valence-corrected chi connectivity index (χ2v) is 10.1. The maximum absolute atomic E-state index is 15.1. The molecule has 1 saturated heterocycles. The van der Waals surface area contributed by atoms with Crippen molar-refractivity contribution in [2.75, 3.05) is 51.0 Å². The van der Waals surface area contributed by atoms with Crippen molar-refractivity contribution in [3.8, 4) is 5.75 Å². The number of hydrogen-bond acceptors (Lipinski definition) is 7. The number of carboxylic acid groups (broad SMARTS) is 1. The lowest BCUT2D eigenvalue weighted by atomic mass is 9.99. The molecule has 1 fully saturated rings. The fraction of sp³-hybridized carbons (Fsp3) is 0.500. The van der Waals surface area contributed by atoms with E-state index in [2.05, 4.69) is 4.90 Å². The lowest BCUT2D eigenvalue weighted by Crippen LogP contribution is -2.45. The Labute approximate surface area is 190 Å². The number of carboxylic acids is 1. The van der Waals surface area contributed by atoms with Crippen molar-refractivity contribution in [3.63, 3.8) is 0 Å². The number of likely N-dealkylation sites (N-methyl/N-ethyl adjacent to an activating group) is 1. The molecule has 11 nitrogen and oxygen atoms in total. The van der Waals surface area contributed by atoms with E-state index in [0.717, 1.165) is 19.2 Å². The van der Waals surface area contributed by atoms with Crippen LogP contribution in [0, 0.1) is 5.82 Å². The summed E-state index contributed by atoms with van der Waals surface area (Å²) in [6, 6.07) is 1.16. The molecule has 0 unspecified atom stereocenters. The summed E-state index contributed by atoms with van der Waals surface area (Å²) in [6.07, 6.45) is 2.07. The lowest BCUT2D eigenvalue weighted by Gasteiger charge is -2.39. The molecule has 1 aromatic heterocycles. The summed E-state index contributed by atoms with van der Waals surface area (Å²) >= 11 is 0. The monoisotopic (exact) mass is 489 g/mol. The topological polar surface area (TPSA) is 161 Å². The number of nitrogens with zero attached hydrogens (tertiary/aromatic N) is 3. The van der Waals surface area contributed by atoms with Gasteiger partial charge >= 0.3 is 5.97 Å². The van der Waals surface area contributed by atoms with Crippen LogP contribution in [0.5, 0.6) is 5.75 Å². The van der Waals surface area contributed by atoms with Crippen molar-refractivity contribution in [1.29, 1.82) is 0 Å². The molecule has 33 heavy (non-hydrogen) atoms. The van der Waals surface area contributed by atoms with Crippen molar-refractivity contribution in [2.45, 2.75) is 19.4 Å². The van der Waals surface area contributed by atoms with Crippen LogP contribution in [0.15, 0.2) is 17.1 Å². The normalized spacial score (nSPS) is 17.5. The minimum atomic E-state index is -3.67. The van der Waals surface area contributed by atoms with Gasteiger partial charge < -0.3 is 29.7 Å². The molecule has 2 aromatic rings. The quantitative estimate of drug-likeness (QED) is 0.569. The molecule has 0 amide bonds. The molecule has 4 N–H and O–H groups in total. The summed E-state index contributed by atoms with van der Waals surface area (Å²) in [5, 5.41) is 9.44. The fourth-order valence-corrected chi connectivity index (χ4v) is 3.83. The SMILES string of the molecule is CN1CCN(c2c(F)cc3c(=O)c(C(=O)O)cn4c3c2OCC4(C)C)CC1.CS(=O)(=O)O.O. The highest BCUT2D eigenvalue weighted by Gasteiger charge is 2.35. The Bertz CT molecular complexity index is 1230. The van der Waals surface area contributed by atoms with E-state index < -0.39 is 32.9 Å². The summed E-state index contributed by atoms with van der Waals surface area (Å²) in [5.41, 5.74) is -0.824. The molecule has 1 aromatic carbocycles. The summed E-state index contributed by atoms with van der Waals surface area (Å²) in [4.78, 5) is 28.3. The third-order valence-corrected chi connectivity index (χ3v) is 5.44. The van der Waals surface area contributed by atoms with E-state index in [-0.39, 0.29) is 23.0 Å². The molecule has 184 valence electrons. The van der Waals surface area contributed by atoms with Gasteiger partial charge in [-0.2, -0.15) is 8.42 Å². The molecule has 0 aliphatic carbocycles. The molecule has 0 radical (unpaired) electrons. The number of rotatable bonds is 2. The number of hydrogen-bond donors (Lipinski definition) is 2. The summed E-state index contributed by atoms with van der Waals surface area (Å²) in [7, 11) is -1.65. The zero-order valence-corrected chi connectivity index (χ0v) is 19.6. The maximum atomic E-state index is 15.1. The van der Waals surface area contributed by atoms with Gasteiger partial charge in [0.15, 0.2) is 11.6 Å². The Balaban J connectivity index is 0.000000583. The van der Waals surface area contributed by atoms with Crippen molar-refractivity contribution in [3.05, 3.63) is 33.9 Å². The minimum absolute atomic E-state index is 0.